The second-order valence-electron chi connectivity index (χ2n) is 5.34. The van der Waals surface area contributed by atoms with E-state index in [2.05, 4.69) is 5.32 Å². The van der Waals surface area contributed by atoms with Crippen molar-refractivity contribution in [2.75, 3.05) is 20.1 Å². The molecule has 116 valence electrons. The molecule has 21 heavy (non-hydrogen) atoms. The molecule has 0 aliphatic carbocycles. The smallest absolute Gasteiger partial charge is 0.341 e. The van der Waals surface area contributed by atoms with E-state index >= 15 is 0 Å². The Morgan fingerprint density at radius 3 is 2.86 bits per heavy atom. The van der Waals surface area contributed by atoms with Gasteiger partial charge in [-0.1, -0.05) is 18.2 Å². The number of carbonyl (C=O) groups excluding carboxylic acids is 1. The van der Waals surface area contributed by atoms with Gasteiger partial charge in [-0.05, 0) is 31.5 Å². The first-order chi connectivity index (χ1) is 9.90. The summed E-state index contributed by atoms with van der Waals surface area (Å²) in [6.07, 6.45) is -2.43. The molecule has 6 heteroatoms. The lowest BCUT2D eigenvalue weighted by molar-refractivity contribution is -0.138. The van der Waals surface area contributed by atoms with Gasteiger partial charge >= 0.3 is 6.18 Å². The normalized spacial score (nSPS) is 19.6. The van der Waals surface area contributed by atoms with Crippen molar-refractivity contribution in [3.8, 4) is 0 Å². The third-order valence-corrected chi connectivity index (χ3v) is 3.79. The molecular weight excluding hydrogens is 281 g/mol. The number of piperidine rings is 1. The molecule has 1 aromatic carbocycles. The number of hydrogen-bond donors (Lipinski definition) is 1. The van der Waals surface area contributed by atoms with Crippen LogP contribution in [0, 0.1) is 0 Å². The van der Waals surface area contributed by atoms with Crippen molar-refractivity contribution in [2.45, 2.75) is 31.5 Å². The standard InChI is InChI=1S/C15H19F3N2O/c1-19-13-6-3-7-20(10-13)14(21)9-11-4-2-5-12(8-11)15(16,17)18/h2,4-5,8,13,19H,3,6-7,9-10H2,1H3/t13-/m0/s1. The minimum Gasteiger partial charge on any atom is -0.341 e. The topological polar surface area (TPSA) is 32.3 Å². The van der Waals surface area contributed by atoms with Gasteiger partial charge in [-0.2, -0.15) is 13.2 Å². The number of hydrogen-bond acceptors (Lipinski definition) is 2. The number of halogens is 3. The third-order valence-electron chi connectivity index (χ3n) is 3.79. The fraction of sp³-hybridized carbons (Fsp3) is 0.533. The van der Waals surface area contributed by atoms with Crippen molar-refractivity contribution in [1.82, 2.24) is 10.2 Å². The molecule has 2 rings (SSSR count). The minimum atomic E-state index is -4.37. The fourth-order valence-corrected chi connectivity index (χ4v) is 2.58. The van der Waals surface area contributed by atoms with Crippen LogP contribution in [0.15, 0.2) is 24.3 Å². The molecule has 1 fully saturated rings. The Balaban J connectivity index is 2.02. The van der Waals surface area contributed by atoms with Gasteiger partial charge in [0, 0.05) is 19.1 Å². The van der Waals surface area contributed by atoms with E-state index in [4.69, 9.17) is 0 Å². The van der Waals surface area contributed by atoms with Crippen LogP contribution in [0.25, 0.3) is 0 Å². The van der Waals surface area contributed by atoms with E-state index in [9.17, 15) is 18.0 Å². The van der Waals surface area contributed by atoms with E-state index < -0.39 is 11.7 Å². The monoisotopic (exact) mass is 300 g/mol. The Bertz CT molecular complexity index is 502. The average molecular weight is 300 g/mol. The molecule has 1 aliphatic rings. The minimum absolute atomic E-state index is 0.0142. The van der Waals surface area contributed by atoms with Gasteiger partial charge in [0.25, 0.3) is 0 Å². The maximum absolute atomic E-state index is 12.7. The molecule has 1 aliphatic heterocycles. The van der Waals surface area contributed by atoms with Crippen molar-refractivity contribution >= 4 is 5.91 Å². The van der Waals surface area contributed by atoms with Crippen molar-refractivity contribution in [3.05, 3.63) is 35.4 Å². The second-order valence-corrected chi connectivity index (χ2v) is 5.34. The van der Waals surface area contributed by atoms with Gasteiger partial charge in [-0.3, -0.25) is 4.79 Å². The van der Waals surface area contributed by atoms with E-state index in [1.165, 1.54) is 6.07 Å². The van der Waals surface area contributed by atoms with Crippen LogP contribution in [-0.2, 0) is 17.4 Å². The fourth-order valence-electron chi connectivity index (χ4n) is 2.58. The van der Waals surface area contributed by atoms with Gasteiger partial charge in [0.2, 0.25) is 5.91 Å². The Morgan fingerprint density at radius 2 is 2.19 bits per heavy atom. The highest BCUT2D eigenvalue weighted by molar-refractivity contribution is 5.79. The van der Waals surface area contributed by atoms with Crippen molar-refractivity contribution in [3.63, 3.8) is 0 Å². The number of alkyl halides is 3. The van der Waals surface area contributed by atoms with Gasteiger partial charge in [-0.25, -0.2) is 0 Å². The molecule has 1 aromatic rings. The summed E-state index contributed by atoms with van der Waals surface area (Å²) in [5.41, 5.74) is -0.305. The summed E-state index contributed by atoms with van der Waals surface area (Å²) in [6.45, 7) is 1.30. The largest absolute Gasteiger partial charge is 0.416 e. The van der Waals surface area contributed by atoms with E-state index in [1.54, 1.807) is 11.0 Å². The number of carbonyl (C=O) groups is 1. The zero-order chi connectivity index (χ0) is 15.5. The summed E-state index contributed by atoms with van der Waals surface area (Å²) in [5, 5.41) is 3.14. The number of nitrogens with zero attached hydrogens (tertiary/aromatic N) is 1. The van der Waals surface area contributed by atoms with Crippen LogP contribution in [0.5, 0.6) is 0 Å². The summed E-state index contributed by atoms with van der Waals surface area (Å²) >= 11 is 0. The third kappa shape index (κ3) is 4.20. The quantitative estimate of drug-likeness (QED) is 0.930. The highest BCUT2D eigenvalue weighted by atomic mass is 19.4. The second kappa shape index (κ2) is 6.47. The summed E-state index contributed by atoms with van der Waals surface area (Å²) in [4.78, 5) is 13.9. The van der Waals surface area contributed by atoms with Crippen LogP contribution in [0.2, 0.25) is 0 Å². The lowest BCUT2D eigenvalue weighted by Crippen LogP contribution is -2.47. The Hall–Kier alpha value is -1.56. The SMILES string of the molecule is CN[C@H]1CCCN(C(=O)Cc2cccc(C(F)(F)F)c2)C1. The highest BCUT2D eigenvalue weighted by Crippen LogP contribution is 2.29. The number of benzene rings is 1. The van der Waals surface area contributed by atoms with Gasteiger partial charge in [0.15, 0.2) is 0 Å². The predicted octanol–water partition coefficient (Wildman–Crippen LogP) is 2.46. The lowest BCUT2D eigenvalue weighted by atomic mass is 10.0. The first-order valence-corrected chi connectivity index (χ1v) is 7.01. The Morgan fingerprint density at radius 1 is 1.43 bits per heavy atom. The number of likely N-dealkylation sites (tertiary alicyclic amines) is 1. The average Bonchev–Trinajstić information content (AvgIpc) is 2.46. The van der Waals surface area contributed by atoms with Gasteiger partial charge in [0.05, 0.1) is 12.0 Å². The summed E-state index contributed by atoms with van der Waals surface area (Å²) in [6, 6.07) is 5.25. The maximum Gasteiger partial charge on any atom is 0.416 e. The van der Waals surface area contributed by atoms with Crippen LogP contribution in [0.3, 0.4) is 0 Å². The first kappa shape index (κ1) is 15.8. The zero-order valence-corrected chi connectivity index (χ0v) is 11.9. The van der Waals surface area contributed by atoms with Gasteiger partial charge in [0.1, 0.15) is 0 Å². The molecule has 1 saturated heterocycles. The molecule has 1 amide bonds. The van der Waals surface area contributed by atoms with E-state index in [0.717, 1.165) is 25.0 Å². The highest BCUT2D eigenvalue weighted by Gasteiger charge is 2.30. The number of amides is 1. The number of nitrogens with one attached hydrogen (secondary N) is 1. The van der Waals surface area contributed by atoms with Crippen molar-refractivity contribution in [1.29, 1.82) is 0 Å². The van der Waals surface area contributed by atoms with Crippen LogP contribution >= 0.6 is 0 Å². The van der Waals surface area contributed by atoms with Crippen LogP contribution in [0.4, 0.5) is 13.2 Å². The van der Waals surface area contributed by atoms with Crippen molar-refractivity contribution in [2.24, 2.45) is 0 Å². The van der Waals surface area contributed by atoms with Crippen LogP contribution in [-0.4, -0.2) is 37.0 Å². The van der Waals surface area contributed by atoms with Crippen LogP contribution in [0.1, 0.15) is 24.0 Å². The van der Waals surface area contributed by atoms with E-state index in [-0.39, 0.29) is 18.4 Å². The van der Waals surface area contributed by atoms with Crippen molar-refractivity contribution < 1.29 is 18.0 Å². The van der Waals surface area contributed by atoms with Gasteiger partial charge in [-0.15, -0.1) is 0 Å². The molecule has 0 bridgehead atoms. The molecule has 1 N–H and O–H groups in total. The lowest BCUT2D eigenvalue weighted by Gasteiger charge is -2.32. The molecule has 1 atom stereocenters. The zero-order valence-electron chi connectivity index (χ0n) is 11.9. The summed E-state index contributed by atoms with van der Waals surface area (Å²) < 4.78 is 38.0. The van der Waals surface area contributed by atoms with Crippen LogP contribution < -0.4 is 5.32 Å². The number of likely N-dealkylation sites (N-methyl/N-ethyl adjacent to an activating group) is 1. The van der Waals surface area contributed by atoms with E-state index in [1.807, 2.05) is 7.05 Å². The molecular formula is C15H19F3N2O. The maximum atomic E-state index is 12.7. The Kier molecular flexibility index (Phi) is 4.88. The molecule has 0 unspecified atom stereocenters. The van der Waals surface area contributed by atoms with Gasteiger partial charge < -0.3 is 10.2 Å². The predicted molar refractivity (Wildman–Crippen MR) is 73.8 cm³/mol. The summed E-state index contributed by atoms with van der Waals surface area (Å²) in [5.74, 6) is -0.116. The first-order valence-electron chi connectivity index (χ1n) is 7.01. The molecule has 0 aromatic heterocycles. The molecule has 0 saturated carbocycles. The molecule has 0 spiro atoms. The summed E-state index contributed by atoms with van der Waals surface area (Å²) in [7, 11) is 1.85. The molecule has 1 heterocycles. The number of rotatable bonds is 3. The Labute approximate surface area is 122 Å². The molecule has 3 nitrogen and oxygen atoms in total. The van der Waals surface area contributed by atoms with E-state index in [0.29, 0.717) is 18.7 Å². The molecule has 0 radical (unpaired) electrons.